The second kappa shape index (κ2) is 17.8. The van der Waals surface area contributed by atoms with Crippen LogP contribution in [0.2, 0.25) is 0 Å². The molecular weight excluding hydrogens is 634 g/mol. The molecule has 0 aliphatic carbocycles. The minimum Gasteiger partial charge on any atom is -0.493 e. The fourth-order valence-corrected chi connectivity index (χ4v) is 5.47. The average Bonchev–Trinajstić information content (AvgIpc) is 3.06. The zero-order valence-electron chi connectivity index (χ0n) is 27.3. The largest absolute Gasteiger partial charge is 0.493 e. The highest BCUT2D eigenvalue weighted by Gasteiger charge is 2.19. The van der Waals surface area contributed by atoms with Crippen molar-refractivity contribution >= 4 is 0 Å². The molecule has 0 aliphatic rings. The zero-order chi connectivity index (χ0) is 34.6. The molecule has 258 valence electrons. The van der Waals surface area contributed by atoms with E-state index in [0.717, 1.165) is 44.6 Å². The number of ether oxygens (including phenoxy) is 4. The lowest BCUT2D eigenvalue weighted by atomic mass is 9.97. The van der Waals surface area contributed by atoms with Gasteiger partial charge in [0.05, 0.1) is 19.8 Å². The lowest BCUT2D eigenvalue weighted by Gasteiger charge is -2.16. The van der Waals surface area contributed by atoms with Crippen LogP contribution in [0.1, 0.15) is 51.0 Å². The third kappa shape index (κ3) is 9.46. The molecule has 0 saturated carbocycles. The van der Waals surface area contributed by atoms with Crippen LogP contribution < -0.4 is 14.2 Å². The van der Waals surface area contributed by atoms with Crippen LogP contribution in [0.5, 0.6) is 17.2 Å². The summed E-state index contributed by atoms with van der Waals surface area (Å²) in [5, 5.41) is 0. The van der Waals surface area contributed by atoms with E-state index in [-0.39, 0.29) is 40.2 Å². The standard InChI is InChI=1S/C38H40F6O4/c1-4-46-34-18-17-31(37(43)38(34)44)29-16-13-27(22-33(29)40)48-20-8-6-10-25(23-45-3)9-5-7-19-47-26-12-15-28(32(39)21-26)30-14-11-24(2)35(41)36(30)42/h11-18,21-22,25H,4-10,19-20,23H2,1-3H3. The monoisotopic (exact) mass is 674 g/mol. The van der Waals surface area contributed by atoms with Gasteiger partial charge in [0, 0.05) is 48.1 Å². The smallest absolute Gasteiger partial charge is 0.201 e. The van der Waals surface area contributed by atoms with Crippen molar-refractivity contribution in [2.45, 2.75) is 52.4 Å². The minimum absolute atomic E-state index is 0.0359. The number of rotatable bonds is 18. The zero-order valence-corrected chi connectivity index (χ0v) is 27.3. The van der Waals surface area contributed by atoms with Crippen molar-refractivity contribution in [3.05, 3.63) is 101 Å². The van der Waals surface area contributed by atoms with Gasteiger partial charge in [-0.05, 0) is 100 Å². The van der Waals surface area contributed by atoms with E-state index in [9.17, 15) is 26.3 Å². The van der Waals surface area contributed by atoms with Gasteiger partial charge in [-0.25, -0.2) is 22.0 Å². The Balaban J connectivity index is 1.17. The highest BCUT2D eigenvalue weighted by atomic mass is 19.2. The quantitative estimate of drug-likeness (QED) is 0.0778. The molecule has 4 rings (SSSR count). The van der Waals surface area contributed by atoms with E-state index in [1.54, 1.807) is 14.0 Å². The van der Waals surface area contributed by atoms with Gasteiger partial charge < -0.3 is 18.9 Å². The summed E-state index contributed by atoms with van der Waals surface area (Å²) in [4.78, 5) is 0. The first-order valence-electron chi connectivity index (χ1n) is 16.0. The maximum Gasteiger partial charge on any atom is 0.201 e. The number of hydrogen-bond acceptors (Lipinski definition) is 4. The molecule has 0 fully saturated rings. The molecule has 0 spiro atoms. The number of hydrogen-bond donors (Lipinski definition) is 0. The Morgan fingerprint density at radius 1 is 0.562 bits per heavy atom. The third-order valence-electron chi connectivity index (χ3n) is 8.04. The van der Waals surface area contributed by atoms with E-state index < -0.39 is 34.9 Å². The van der Waals surface area contributed by atoms with Crippen LogP contribution in [0.25, 0.3) is 22.3 Å². The maximum atomic E-state index is 14.8. The van der Waals surface area contributed by atoms with Crippen molar-refractivity contribution in [2.24, 2.45) is 5.92 Å². The summed E-state index contributed by atoms with van der Waals surface area (Å²) in [7, 11) is 1.65. The highest BCUT2D eigenvalue weighted by molar-refractivity contribution is 5.67. The molecule has 0 aliphatic heterocycles. The Hall–Kier alpha value is -4.18. The fourth-order valence-electron chi connectivity index (χ4n) is 5.47. The van der Waals surface area contributed by atoms with Gasteiger partial charge in [-0.2, -0.15) is 4.39 Å². The molecule has 0 aromatic heterocycles. The number of methoxy groups -OCH3 is 1. The van der Waals surface area contributed by atoms with E-state index in [1.807, 2.05) is 0 Å². The van der Waals surface area contributed by atoms with Crippen LogP contribution in [-0.2, 0) is 4.74 Å². The molecule has 0 amide bonds. The lowest BCUT2D eigenvalue weighted by Crippen LogP contribution is -2.10. The molecule has 4 aromatic rings. The van der Waals surface area contributed by atoms with Gasteiger partial charge in [0.2, 0.25) is 5.82 Å². The summed E-state index contributed by atoms with van der Waals surface area (Å²) in [6, 6.07) is 13.5. The summed E-state index contributed by atoms with van der Waals surface area (Å²) in [6.45, 7) is 4.60. The average molecular weight is 675 g/mol. The predicted molar refractivity (Wildman–Crippen MR) is 173 cm³/mol. The molecular formula is C38H40F6O4. The van der Waals surface area contributed by atoms with Crippen LogP contribution in [0.15, 0.2) is 60.7 Å². The molecule has 0 bridgehead atoms. The second-order valence-electron chi connectivity index (χ2n) is 11.5. The van der Waals surface area contributed by atoms with Crippen molar-refractivity contribution in [2.75, 3.05) is 33.5 Å². The van der Waals surface area contributed by atoms with Crippen LogP contribution in [0.3, 0.4) is 0 Å². The topological polar surface area (TPSA) is 36.9 Å². The first-order valence-corrected chi connectivity index (χ1v) is 16.0. The van der Waals surface area contributed by atoms with Crippen molar-refractivity contribution in [1.82, 2.24) is 0 Å². The molecule has 4 aromatic carbocycles. The van der Waals surface area contributed by atoms with Crippen LogP contribution in [0, 0.1) is 47.7 Å². The Morgan fingerprint density at radius 3 is 1.56 bits per heavy atom. The van der Waals surface area contributed by atoms with E-state index in [2.05, 4.69) is 0 Å². The summed E-state index contributed by atoms with van der Waals surface area (Å²) < 4.78 is 108. The number of halogens is 6. The van der Waals surface area contributed by atoms with Crippen molar-refractivity contribution in [3.8, 4) is 39.5 Å². The number of unbranched alkanes of at least 4 members (excludes halogenated alkanes) is 2. The predicted octanol–water partition coefficient (Wildman–Crippen LogP) is 10.6. The van der Waals surface area contributed by atoms with Crippen LogP contribution >= 0.6 is 0 Å². The molecule has 1 unspecified atom stereocenters. The van der Waals surface area contributed by atoms with Crippen LogP contribution in [0.4, 0.5) is 26.3 Å². The van der Waals surface area contributed by atoms with E-state index in [0.29, 0.717) is 37.2 Å². The Bertz CT molecular complexity index is 1660. The van der Waals surface area contributed by atoms with E-state index in [1.165, 1.54) is 61.5 Å². The molecule has 0 heterocycles. The normalized spacial score (nSPS) is 11.9. The number of aryl methyl sites for hydroxylation is 1. The van der Waals surface area contributed by atoms with Gasteiger partial charge >= 0.3 is 0 Å². The SMILES string of the molecule is CCOc1ccc(-c2ccc(OCCCCC(CCCCOc3ccc(-c4ccc(C)c(F)c4F)c(F)c3)COC)cc2F)c(F)c1F. The van der Waals surface area contributed by atoms with E-state index in [4.69, 9.17) is 18.9 Å². The van der Waals surface area contributed by atoms with Gasteiger partial charge in [0.25, 0.3) is 0 Å². The Morgan fingerprint density at radius 2 is 1.06 bits per heavy atom. The fraction of sp³-hybridized carbons (Fsp3) is 0.368. The van der Waals surface area contributed by atoms with Gasteiger partial charge in [-0.3, -0.25) is 0 Å². The molecule has 0 saturated heterocycles. The van der Waals surface area contributed by atoms with E-state index >= 15 is 0 Å². The summed E-state index contributed by atoms with van der Waals surface area (Å²) in [5.41, 5.74) is -0.304. The first-order chi connectivity index (χ1) is 23.1. The minimum atomic E-state index is -1.18. The summed E-state index contributed by atoms with van der Waals surface area (Å²) >= 11 is 0. The molecule has 10 heteroatoms. The van der Waals surface area contributed by atoms with Gasteiger partial charge in [0.15, 0.2) is 23.2 Å². The Kier molecular flexibility index (Phi) is 13.6. The van der Waals surface area contributed by atoms with Crippen LogP contribution in [-0.4, -0.2) is 33.5 Å². The molecule has 0 radical (unpaired) electrons. The third-order valence-corrected chi connectivity index (χ3v) is 8.04. The van der Waals surface area contributed by atoms with Gasteiger partial charge in [-0.1, -0.05) is 12.1 Å². The summed E-state index contributed by atoms with van der Waals surface area (Å²) in [5.74, 6) is -5.14. The molecule has 48 heavy (non-hydrogen) atoms. The number of benzene rings is 4. The van der Waals surface area contributed by atoms with Gasteiger partial charge in [0.1, 0.15) is 23.1 Å². The first kappa shape index (κ1) is 36.7. The molecule has 1 atom stereocenters. The highest BCUT2D eigenvalue weighted by Crippen LogP contribution is 2.33. The Labute approximate surface area is 277 Å². The van der Waals surface area contributed by atoms with Gasteiger partial charge in [-0.15, -0.1) is 0 Å². The van der Waals surface area contributed by atoms with Crippen molar-refractivity contribution in [1.29, 1.82) is 0 Å². The van der Waals surface area contributed by atoms with Crippen molar-refractivity contribution < 1.29 is 45.3 Å². The second-order valence-corrected chi connectivity index (χ2v) is 11.5. The van der Waals surface area contributed by atoms with Crippen molar-refractivity contribution in [3.63, 3.8) is 0 Å². The molecule has 0 N–H and O–H groups in total. The lowest BCUT2D eigenvalue weighted by molar-refractivity contribution is 0.138. The summed E-state index contributed by atoms with van der Waals surface area (Å²) in [6.07, 6.45) is 4.99. The molecule has 4 nitrogen and oxygen atoms in total. The maximum absolute atomic E-state index is 14.8.